The number of fused-ring (bicyclic) bond motifs is 2. The van der Waals surface area contributed by atoms with Crippen LogP contribution in [0.1, 0.15) is 26.4 Å². The number of carbonyl (C=O) groups is 2. The summed E-state index contributed by atoms with van der Waals surface area (Å²) in [6.45, 7) is 2.37. The monoisotopic (exact) mass is 348 g/mol. The summed E-state index contributed by atoms with van der Waals surface area (Å²) in [5, 5.41) is 1.10. The van der Waals surface area contributed by atoms with Crippen LogP contribution in [0.2, 0.25) is 0 Å². The molecule has 0 radical (unpaired) electrons. The largest absolute Gasteiger partial charge is 0.273 e. The van der Waals surface area contributed by atoms with Gasteiger partial charge in [-0.2, -0.15) is 0 Å². The fourth-order valence-corrected chi connectivity index (χ4v) is 4.15. The molecule has 0 atom stereocenters. The molecule has 0 fully saturated rings. The summed E-state index contributed by atoms with van der Waals surface area (Å²) in [6.07, 6.45) is 0. The Morgan fingerprint density at radius 3 is 2.32 bits per heavy atom. The normalized spacial score (nSPS) is 13.6. The summed E-state index contributed by atoms with van der Waals surface area (Å²) in [7, 11) is 0. The topological polar surface area (TPSA) is 50.3 Å². The Balaban J connectivity index is 1.51. The molecule has 3 aromatic rings. The van der Waals surface area contributed by atoms with Gasteiger partial charge in [0.2, 0.25) is 0 Å². The quantitative estimate of drug-likeness (QED) is 0.529. The fraction of sp³-hybridized carbons (Fsp3) is 0.150. The number of amides is 2. The van der Waals surface area contributed by atoms with Crippen molar-refractivity contribution in [1.82, 2.24) is 9.88 Å². The maximum absolute atomic E-state index is 12.4. The van der Waals surface area contributed by atoms with Crippen LogP contribution in [0.15, 0.2) is 59.5 Å². The highest BCUT2D eigenvalue weighted by Crippen LogP contribution is 2.29. The molecule has 5 heteroatoms. The summed E-state index contributed by atoms with van der Waals surface area (Å²) < 4.78 is 0. The molecule has 2 aromatic carbocycles. The van der Waals surface area contributed by atoms with E-state index in [9.17, 15) is 9.59 Å². The zero-order valence-electron chi connectivity index (χ0n) is 13.7. The molecule has 0 spiro atoms. The highest BCUT2D eigenvalue weighted by molar-refractivity contribution is 7.99. The Labute approximate surface area is 149 Å². The van der Waals surface area contributed by atoms with Gasteiger partial charge in [-0.25, -0.2) is 0 Å². The molecule has 4 rings (SSSR count). The zero-order chi connectivity index (χ0) is 17.4. The van der Waals surface area contributed by atoms with Crippen LogP contribution in [0.5, 0.6) is 0 Å². The summed E-state index contributed by atoms with van der Waals surface area (Å²) >= 11 is 1.65. The first-order chi connectivity index (χ1) is 12.1. The van der Waals surface area contributed by atoms with Gasteiger partial charge in [0.1, 0.15) is 0 Å². The predicted octanol–water partition coefficient (Wildman–Crippen LogP) is 3.93. The minimum absolute atomic E-state index is 0.197. The molecule has 2 amide bonds. The van der Waals surface area contributed by atoms with Crippen molar-refractivity contribution >= 4 is 34.5 Å². The van der Waals surface area contributed by atoms with Crippen molar-refractivity contribution in [2.24, 2.45) is 0 Å². The van der Waals surface area contributed by atoms with Crippen LogP contribution >= 0.6 is 11.8 Å². The van der Waals surface area contributed by atoms with Gasteiger partial charge in [-0.1, -0.05) is 30.3 Å². The third kappa shape index (κ3) is 2.81. The number of imide groups is 1. The minimum atomic E-state index is -0.197. The molecule has 1 aliphatic heterocycles. The van der Waals surface area contributed by atoms with Crippen LogP contribution in [0.3, 0.4) is 0 Å². The molecule has 0 aliphatic carbocycles. The number of rotatable bonds is 4. The van der Waals surface area contributed by atoms with Crippen molar-refractivity contribution in [2.75, 3.05) is 12.3 Å². The van der Waals surface area contributed by atoms with Crippen LogP contribution < -0.4 is 0 Å². The van der Waals surface area contributed by atoms with Gasteiger partial charge in [-0.15, -0.1) is 11.8 Å². The molecule has 1 aliphatic rings. The van der Waals surface area contributed by atoms with Gasteiger partial charge in [0.25, 0.3) is 11.8 Å². The highest BCUT2D eigenvalue weighted by atomic mass is 32.2. The number of thioether (sulfide) groups is 1. The second-order valence-electron chi connectivity index (χ2n) is 5.93. The molecule has 1 aromatic heterocycles. The van der Waals surface area contributed by atoms with E-state index in [-0.39, 0.29) is 11.8 Å². The van der Waals surface area contributed by atoms with E-state index < -0.39 is 0 Å². The molecule has 4 nitrogen and oxygen atoms in total. The number of aromatic nitrogens is 1. The first-order valence-corrected chi connectivity index (χ1v) is 9.08. The first-order valence-electron chi connectivity index (χ1n) is 8.09. The average molecular weight is 348 g/mol. The van der Waals surface area contributed by atoms with E-state index in [1.165, 1.54) is 4.90 Å². The number of hydrogen-bond donors (Lipinski definition) is 0. The second-order valence-corrected chi connectivity index (χ2v) is 7.07. The van der Waals surface area contributed by atoms with Gasteiger partial charge >= 0.3 is 0 Å². The molecule has 2 heterocycles. The van der Waals surface area contributed by atoms with Crippen molar-refractivity contribution in [3.63, 3.8) is 0 Å². The Kier molecular flexibility index (Phi) is 4.01. The third-order valence-corrected chi connectivity index (χ3v) is 5.29. The lowest BCUT2D eigenvalue weighted by atomic mass is 10.1. The van der Waals surface area contributed by atoms with Crippen LogP contribution in [-0.2, 0) is 0 Å². The standard InChI is InChI=1S/C20H16N2O2S/c1-13-12-18(16-8-4-5-9-17(16)21-13)25-11-10-22-19(23)14-6-2-3-7-15(14)20(22)24/h2-9,12H,10-11H2,1H3. The maximum Gasteiger partial charge on any atom is 0.261 e. The fourth-order valence-electron chi connectivity index (χ4n) is 3.08. The third-order valence-electron chi connectivity index (χ3n) is 4.26. The van der Waals surface area contributed by atoms with E-state index in [2.05, 4.69) is 11.1 Å². The lowest BCUT2D eigenvalue weighted by molar-refractivity contribution is 0.0664. The zero-order valence-corrected chi connectivity index (χ0v) is 14.5. The molecule has 0 unspecified atom stereocenters. The SMILES string of the molecule is Cc1cc(SCCN2C(=O)c3ccccc3C2=O)c2ccccc2n1. The van der Waals surface area contributed by atoms with Gasteiger partial charge in [-0.3, -0.25) is 19.5 Å². The Morgan fingerprint density at radius 1 is 0.960 bits per heavy atom. The average Bonchev–Trinajstić information content (AvgIpc) is 2.87. The lowest BCUT2D eigenvalue weighted by Gasteiger charge is -2.14. The number of para-hydroxylation sites is 1. The van der Waals surface area contributed by atoms with Gasteiger partial charge in [-0.05, 0) is 31.2 Å². The molecule has 0 saturated heterocycles. The molecular formula is C20H16N2O2S. The van der Waals surface area contributed by atoms with E-state index in [4.69, 9.17) is 0 Å². The molecule has 0 saturated carbocycles. The summed E-state index contributed by atoms with van der Waals surface area (Å²) in [5.74, 6) is 0.257. The summed E-state index contributed by atoms with van der Waals surface area (Å²) in [5.41, 5.74) is 2.93. The maximum atomic E-state index is 12.4. The first kappa shape index (κ1) is 15.8. The molecule has 25 heavy (non-hydrogen) atoms. The van der Waals surface area contributed by atoms with Gasteiger partial charge in [0, 0.05) is 28.3 Å². The van der Waals surface area contributed by atoms with Crippen LogP contribution in [0.25, 0.3) is 10.9 Å². The second kappa shape index (κ2) is 6.33. The number of pyridine rings is 1. The number of hydrogen-bond acceptors (Lipinski definition) is 4. The smallest absolute Gasteiger partial charge is 0.261 e. The van der Waals surface area contributed by atoms with Crippen LogP contribution in [0.4, 0.5) is 0 Å². The molecular weight excluding hydrogens is 332 g/mol. The number of benzene rings is 2. The summed E-state index contributed by atoms with van der Waals surface area (Å²) in [6, 6.07) is 17.1. The molecule has 0 N–H and O–H groups in total. The predicted molar refractivity (Wildman–Crippen MR) is 99.0 cm³/mol. The molecule has 124 valence electrons. The Bertz CT molecular complexity index is 965. The van der Waals surface area contributed by atoms with Crippen molar-refractivity contribution in [1.29, 1.82) is 0 Å². The van der Waals surface area contributed by atoms with Crippen molar-refractivity contribution in [3.05, 3.63) is 71.4 Å². The van der Waals surface area contributed by atoms with E-state index in [1.807, 2.05) is 31.2 Å². The Hall–Kier alpha value is -2.66. The minimum Gasteiger partial charge on any atom is -0.273 e. The van der Waals surface area contributed by atoms with Crippen molar-refractivity contribution in [2.45, 2.75) is 11.8 Å². The summed E-state index contributed by atoms with van der Waals surface area (Å²) in [4.78, 5) is 31.8. The van der Waals surface area contributed by atoms with Crippen molar-refractivity contribution < 1.29 is 9.59 Å². The van der Waals surface area contributed by atoms with E-state index in [1.54, 1.807) is 36.0 Å². The lowest BCUT2D eigenvalue weighted by Crippen LogP contribution is -2.31. The number of carbonyl (C=O) groups excluding carboxylic acids is 2. The van der Waals surface area contributed by atoms with Crippen LogP contribution in [-0.4, -0.2) is 34.0 Å². The number of aryl methyl sites for hydroxylation is 1. The van der Waals surface area contributed by atoms with Crippen LogP contribution in [0, 0.1) is 6.92 Å². The Morgan fingerprint density at radius 2 is 1.60 bits per heavy atom. The van der Waals surface area contributed by atoms with Gasteiger partial charge in [0.15, 0.2) is 0 Å². The highest BCUT2D eigenvalue weighted by Gasteiger charge is 2.34. The van der Waals surface area contributed by atoms with E-state index in [0.717, 1.165) is 21.5 Å². The van der Waals surface area contributed by atoms with Crippen molar-refractivity contribution in [3.8, 4) is 0 Å². The number of nitrogens with zero attached hydrogens (tertiary/aromatic N) is 2. The van der Waals surface area contributed by atoms with E-state index >= 15 is 0 Å². The van der Waals surface area contributed by atoms with Gasteiger partial charge < -0.3 is 0 Å². The van der Waals surface area contributed by atoms with Gasteiger partial charge in [0.05, 0.1) is 16.6 Å². The molecule has 0 bridgehead atoms. The van der Waals surface area contributed by atoms with E-state index in [0.29, 0.717) is 23.4 Å².